The summed E-state index contributed by atoms with van der Waals surface area (Å²) in [6, 6.07) is 10.6. The third-order valence-corrected chi connectivity index (χ3v) is 3.88. The fourth-order valence-electron chi connectivity index (χ4n) is 2.60. The molecule has 0 bridgehead atoms. The van der Waals surface area contributed by atoms with Crippen LogP contribution in [0.1, 0.15) is 10.5 Å². The fourth-order valence-corrected chi connectivity index (χ4v) is 2.60. The molecule has 10 nitrogen and oxygen atoms in total. The Morgan fingerprint density at radius 3 is 2.74 bits per heavy atom. The summed E-state index contributed by atoms with van der Waals surface area (Å²) in [7, 11) is -1.66. The lowest BCUT2D eigenvalue weighted by Crippen LogP contribution is -2.30. The Labute approximate surface area is 152 Å². The van der Waals surface area contributed by atoms with E-state index < -0.39 is 7.12 Å². The van der Waals surface area contributed by atoms with Gasteiger partial charge in [-0.25, -0.2) is 9.97 Å². The van der Waals surface area contributed by atoms with Gasteiger partial charge in [0.05, 0.1) is 17.3 Å². The normalized spacial score (nSPS) is 10.7. The Kier molecular flexibility index (Phi) is 4.28. The maximum atomic E-state index is 12.5. The topological polar surface area (TPSA) is 152 Å². The van der Waals surface area contributed by atoms with Crippen LogP contribution in [0.3, 0.4) is 0 Å². The number of nitrogens with zero attached hydrogens (tertiary/aromatic N) is 3. The minimum absolute atomic E-state index is 0.183. The summed E-state index contributed by atoms with van der Waals surface area (Å²) < 4.78 is 0. The molecule has 0 aliphatic carbocycles. The molecule has 1 aromatic carbocycles. The van der Waals surface area contributed by atoms with Gasteiger partial charge in [-0.3, -0.25) is 9.89 Å². The molecule has 27 heavy (non-hydrogen) atoms. The number of para-hydroxylation sites is 1. The van der Waals surface area contributed by atoms with Gasteiger partial charge in [-0.1, -0.05) is 18.2 Å². The maximum Gasteiger partial charge on any atom is 0.505 e. The highest BCUT2D eigenvalue weighted by Crippen LogP contribution is 2.23. The molecule has 1 amide bonds. The van der Waals surface area contributed by atoms with E-state index in [2.05, 4.69) is 35.8 Å². The number of aromatic amines is 2. The van der Waals surface area contributed by atoms with Gasteiger partial charge in [0.15, 0.2) is 0 Å². The zero-order valence-electron chi connectivity index (χ0n) is 13.8. The fraction of sp³-hybridized carbons (Fsp3) is 0. The van der Waals surface area contributed by atoms with Crippen LogP contribution >= 0.6 is 0 Å². The Bertz CT molecular complexity index is 1090. The summed E-state index contributed by atoms with van der Waals surface area (Å²) in [5, 5.41) is 31.5. The number of H-pyrrole nitrogens is 2. The third-order valence-electron chi connectivity index (χ3n) is 3.88. The molecule has 3 aromatic heterocycles. The molecule has 0 fully saturated rings. The summed E-state index contributed by atoms with van der Waals surface area (Å²) in [6.45, 7) is 0. The molecule has 4 aromatic rings. The first-order valence-corrected chi connectivity index (χ1v) is 7.98. The molecule has 4 rings (SSSR count). The number of nitrogens with one attached hydrogen (secondary N) is 4. The molecule has 11 heteroatoms. The number of hydrogen-bond acceptors (Lipinski definition) is 7. The van der Waals surface area contributed by atoms with Crippen molar-refractivity contribution in [2.24, 2.45) is 0 Å². The first-order valence-electron chi connectivity index (χ1n) is 7.98. The van der Waals surface area contributed by atoms with Crippen molar-refractivity contribution in [3.63, 3.8) is 0 Å². The summed E-state index contributed by atoms with van der Waals surface area (Å²) >= 11 is 0. The van der Waals surface area contributed by atoms with Crippen LogP contribution in [-0.2, 0) is 0 Å². The maximum absolute atomic E-state index is 12.5. The lowest BCUT2D eigenvalue weighted by molar-refractivity contribution is 0.102. The van der Waals surface area contributed by atoms with Crippen molar-refractivity contribution in [3.8, 4) is 0 Å². The second-order valence-corrected chi connectivity index (χ2v) is 5.69. The number of aromatic nitrogens is 5. The Balaban J connectivity index is 1.62. The SMILES string of the molecule is O=C(Nc1ccccc1)c1[nH]ncc1Nc1ncnc2[nH]c(B(O)O)cc12. The van der Waals surface area contributed by atoms with Crippen LogP contribution in [0.5, 0.6) is 0 Å². The molecule has 0 saturated carbocycles. The van der Waals surface area contributed by atoms with Crippen molar-refractivity contribution < 1.29 is 14.8 Å². The Hall–Kier alpha value is -3.70. The third kappa shape index (κ3) is 3.36. The number of anilines is 3. The molecule has 134 valence electrons. The van der Waals surface area contributed by atoms with Crippen molar-refractivity contribution in [3.05, 3.63) is 54.6 Å². The van der Waals surface area contributed by atoms with E-state index in [0.717, 1.165) is 0 Å². The molecular weight excluding hydrogens is 349 g/mol. The smallest absolute Gasteiger partial charge is 0.422 e. The van der Waals surface area contributed by atoms with Gasteiger partial charge >= 0.3 is 7.12 Å². The van der Waals surface area contributed by atoms with Crippen molar-refractivity contribution >= 4 is 46.8 Å². The van der Waals surface area contributed by atoms with Gasteiger partial charge in [0.1, 0.15) is 23.5 Å². The quantitative estimate of drug-likeness (QED) is 0.280. The second-order valence-electron chi connectivity index (χ2n) is 5.69. The monoisotopic (exact) mass is 363 g/mol. The van der Waals surface area contributed by atoms with Gasteiger partial charge in [-0.2, -0.15) is 5.10 Å². The summed E-state index contributed by atoms with van der Waals surface area (Å²) in [5.41, 5.74) is 1.90. The van der Waals surface area contributed by atoms with Gasteiger partial charge in [0.25, 0.3) is 5.91 Å². The van der Waals surface area contributed by atoms with E-state index in [1.54, 1.807) is 12.1 Å². The van der Waals surface area contributed by atoms with Gasteiger partial charge in [0, 0.05) is 11.3 Å². The number of rotatable bonds is 5. The van der Waals surface area contributed by atoms with Gasteiger partial charge < -0.3 is 25.7 Å². The average molecular weight is 363 g/mol. The highest BCUT2D eigenvalue weighted by atomic mass is 16.4. The first-order chi connectivity index (χ1) is 13.1. The number of fused-ring (bicyclic) bond motifs is 1. The van der Waals surface area contributed by atoms with Gasteiger partial charge in [0.2, 0.25) is 0 Å². The van der Waals surface area contributed by atoms with Crippen LogP contribution in [0.2, 0.25) is 0 Å². The van der Waals surface area contributed by atoms with Crippen LogP contribution in [-0.4, -0.2) is 48.2 Å². The molecule has 0 atom stereocenters. The van der Waals surface area contributed by atoms with Crippen LogP contribution < -0.4 is 16.2 Å². The van der Waals surface area contributed by atoms with Crippen LogP contribution in [0.4, 0.5) is 17.2 Å². The van der Waals surface area contributed by atoms with E-state index in [9.17, 15) is 14.8 Å². The summed E-state index contributed by atoms with van der Waals surface area (Å²) in [4.78, 5) is 23.5. The zero-order valence-corrected chi connectivity index (χ0v) is 13.8. The highest BCUT2D eigenvalue weighted by Gasteiger charge is 2.19. The highest BCUT2D eigenvalue weighted by molar-refractivity contribution is 6.58. The van der Waals surface area contributed by atoms with E-state index >= 15 is 0 Å². The minimum atomic E-state index is -1.66. The van der Waals surface area contributed by atoms with Crippen molar-refractivity contribution in [1.29, 1.82) is 0 Å². The van der Waals surface area contributed by atoms with E-state index in [1.807, 2.05) is 18.2 Å². The molecule has 0 aliphatic rings. The van der Waals surface area contributed by atoms with Gasteiger partial charge in [-0.15, -0.1) is 0 Å². The van der Waals surface area contributed by atoms with Crippen LogP contribution in [0.15, 0.2) is 48.9 Å². The molecule has 0 spiro atoms. The first kappa shape index (κ1) is 16.8. The Morgan fingerprint density at radius 2 is 1.96 bits per heavy atom. The number of hydrogen-bond donors (Lipinski definition) is 6. The number of benzene rings is 1. The van der Waals surface area contributed by atoms with E-state index in [4.69, 9.17) is 0 Å². The Morgan fingerprint density at radius 1 is 1.15 bits per heavy atom. The number of carbonyl (C=O) groups excluding carboxylic acids is 1. The van der Waals surface area contributed by atoms with Crippen LogP contribution in [0.25, 0.3) is 11.0 Å². The van der Waals surface area contributed by atoms with Crippen molar-refractivity contribution in [2.45, 2.75) is 0 Å². The lowest BCUT2D eigenvalue weighted by atomic mass is 9.86. The van der Waals surface area contributed by atoms with Crippen molar-refractivity contribution in [2.75, 3.05) is 10.6 Å². The van der Waals surface area contributed by atoms with Crippen molar-refractivity contribution in [1.82, 2.24) is 25.1 Å². The number of amides is 1. The predicted molar refractivity (Wildman–Crippen MR) is 100.0 cm³/mol. The summed E-state index contributed by atoms with van der Waals surface area (Å²) in [6.07, 6.45) is 2.78. The largest absolute Gasteiger partial charge is 0.505 e. The van der Waals surface area contributed by atoms with Gasteiger partial charge in [-0.05, 0) is 18.2 Å². The van der Waals surface area contributed by atoms with Crippen LogP contribution in [0, 0.1) is 0 Å². The standard InChI is InChI=1S/C16H14BN7O3/c25-16(21-9-4-2-1-3-5-9)13-11(7-20-24-13)22-14-10-6-12(17(26)27)23-15(10)19-8-18-14/h1-8,26-27H,(H,20,24)(H,21,25)(H2,18,19,22,23). The molecular formula is C16H14BN7O3. The molecule has 0 aliphatic heterocycles. The lowest BCUT2D eigenvalue weighted by Gasteiger charge is -2.08. The molecule has 0 unspecified atom stereocenters. The second kappa shape index (κ2) is 6.90. The summed E-state index contributed by atoms with van der Waals surface area (Å²) in [5.74, 6) is 0.0188. The zero-order chi connectivity index (χ0) is 18.8. The van der Waals surface area contributed by atoms with E-state index in [-0.39, 0.29) is 17.2 Å². The molecule has 0 radical (unpaired) electrons. The molecule has 0 saturated heterocycles. The predicted octanol–water partition coefficient (Wildman–Crippen LogP) is 0.357. The number of carbonyl (C=O) groups is 1. The minimum Gasteiger partial charge on any atom is -0.422 e. The molecule has 3 heterocycles. The van der Waals surface area contributed by atoms with E-state index in [1.165, 1.54) is 18.6 Å². The average Bonchev–Trinajstić information content (AvgIpc) is 3.30. The van der Waals surface area contributed by atoms with E-state index in [0.29, 0.717) is 28.2 Å². The molecule has 6 N–H and O–H groups in total.